The first-order valence-corrected chi connectivity index (χ1v) is 8.96. The highest BCUT2D eigenvalue weighted by Crippen LogP contribution is 2.33. The molecule has 0 fully saturated rings. The predicted molar refractivity (Wildman–Crippen MR) is 103 cm³/mol. The van der Waals surface area contributed by atoms with Gasteiger partial charge in [0.15, 0.2) is 11.7 Å². The fraction of sp³-hybridized carbons (Fsp3) is 0.0556. The fourth-order valence-electron chi connectivity index (χ4n) is 2.61. The molecule has 4 rings (SSSR count). The van der Waals surface area contributed by atoms with Crippen molar-refractivity contribution in [2.75, 3.05) is 17.2 Å². The molecule has 2 amide bonds. The number of nitrogens with one attached hydrogen (secondary N) is 2. The highest BCUT2D eigenvalue weighted by molar-refractivity contribution is 7.14. The largest absolute Gasteiger partial charge is 0.482 e. The van der Waals surface area contributed by atoms with Gasteiger partial charge in [0.25, 0.3) is 17.5 Å². The van der Waals surface area contributed by atoms with E-state index in [0.29, 0.717) is 22.3 Å². The Kier molecular flexibility index (Phi) is 4.45. The zero-order chi connectivity index (χ0) is 19.7. The van der Waals surface area contributed by atoms with Crippen LogP contribution in [0.2, 0.25) is 0 Å². The number of fused-ring (bicyclic) bond motifs is 1. The minimum Gasteiger partial charge on any atom is -0.482 e. The molecule has 1 aromatic heterocycles. The van der Waals surface area contributed by atoms with E-state index in [4.69, 9.17) is 4.74 Å². The van der Waals surface area contributed by atoms with Crippen molar-refractivity contribution in [1.29, 1.82) is 0 Å². The summed E-state index contributed by atoms with van der Waals surface area (Å²) in [4.78, 5) is 38.3. The Morgan fingerprint density at radius 1 is 1.25 bits per heavy atom. The second kappa shape index (κ2) is 7.08. The number of rotatable bonds is 4. The Balaban J connectivity index is 1.50. The molecule has 0 saturated heterocycles. The van der Waals surface area contributed by atoms with E-state index in [1.807, 2.05) is 6.07 Å². The molecule has 0 saturated carbocycles. The molecule has 9 nitrogen and oxygen atoms in total. The van der Waals surface area contributed by atoms with Crippen LogP contribution >= 0.6 is 11.3 Å². The Morgan fingerprint density at radius 3 is 2.79 bits per heavy atom. The van der Waals surface area contributed by atoms with Crippen molar-refractivity contribution < 1.29 is 19.2 Å². The molecule has 28 heavy (non-hydrogen) atoms. The number of hydrogen-bond acceptors (Lipinski definition) is 7. The van der Waals surface area contributed by atoms with Crippen LogP contribution < -0.4 is 15.4 Å². The lowest BCUT2D eigenvalue weighted by Gasteiger charge is -2.18. The lowest BCUT2D eigenvalue weighted by atomic mass is 10.1. The number of carbonyl (C=O) groups is 2. The summed E-state index contributed by atoms with van der Waals surface area (Å²) in [5, 5.41) is 18.3. The van der Waals surface area contributed by atoms with Crippen LogP contribution in [0.1, 0.15) is 10.4 Å². The molecule has 140 valence electrons. The minimum absolute atomic E-state index is 0.0120. The summed E-state index contributed by atoms with van der Waals surface area (Å²) in [5.41, 5.74) is 2.16. The smallest absolute Gasteiger partial charge is 0.269 e. The third kappa shape index (κ3) is 3.53. The van der Waals surface area contributed by atoms with Crippen LogP contribution in [-0.4, -0.2) is 28.3 Å². The van der Waals surface area contributed by atoms with Crippen LogP contribution in [0.15, 0.2) is 47.8 Å². The standard InChI is InChI=1S/C18H12N4O5S/c23-16-8-27-15-6-3-11(7-13(15)19-16)14-9-28-18(20-14)21-17(24)10-1-4-12(5-2-10)22(25)26/h1-7,9H,8H2,(H,19,23)(H,20,21,24). The summed E-state index contributed by atoms with van der Waals surface area (Å²) in [5.74, 6) is -0.0499. The number of hydrogen-bond donors (Lipinski definition) is 2. The van der Waals surface area contributed by atoms with Gasteiger partial charge < -0.3 is 10.1 Å². The summed E-state index contributed by atoms with van der Waals surface area (Å²) in [7, 11) is 0. The number of nitrogens with zero attached hydrogens (tertiary/aromatic N) is 2. The number of thiazole rings is 1. The Morgan fingerprint density at radius 2 is 2.04 bits per heavy atom. The van der Waals surface area contributed by atoms with Crippen molar-refractivity contribution in [3.8, 4) is 17.0 Å². The quantitative estimate of drug-likeness (QED) is 0.515. The van der Waals surface area contributed by atoms with E-state index < -0.39 is 10.8 Å². The molecule has 0 atom stereocenters. The number of aromatic nitrogens is 1. The van der Waals surface area contributed by atoms with Crippen molar-refractivity contribution in [3.05, 3.63) is 63.5 Å². The molecule has 2 N–H and O–H groups in total. The van der Waals surface area contributed by atoms with Gasteiger partial charge in [-0.1, -0.05) is 0 Å². The van der Waals surface area contributed by atoms with E-state index in [0.717, 1.165) is 5.56 Å². The van der Waals surface area contributed by atoms with E-state index in [-0.39, 0.29) is 23.8 Å². The molecular formula is C18H12N4O5S. The van der Waals surface area contributed by atoms with Gasteiger partial charge in [-0.3, -0.25) is 25.0 Å². The maximum atomic E-state index is 12.3. The number of nitro benzene ring substituents is 1. The fourth-order valence-corrected chi connectivity index (χ4v) is 3.32. The first kappa shape index (κ1) is 17.6. The summed E-state index contributed by atoms with van der Waals surface area (Å²) < 4.78 is 5.33. The van der Waals surface area contributed by atoms with E-state index in [1.54, 1.807) is 17.5 Å². The van der Waals surface area contributed by atoms with Gasteiger partial charge in [0, 0.05) is 28.6 Å². The molecule has 3 aromatic rings. The van der Waals surface area contributed by atoms with Crippen LogP contribution in [0.25, 0.3) is 11.3 Å². The normalized spacial score (nSPS) is 12.5. The van der Waals surface area contributed by atoms with Gasteiger partial charge in [0.2, 0.25) is 0 Å². The first-order chi connectivity index (χ1) is 13.5. The van der Waals surface area contributed by atoms with E-state index >= 15 is 0 Å². The summed E-state index contributed by atoms with van der Waals surface area (Å²) >= 11 is 1.24. The third-order valence-electron chi connectivity index (χ3n) is 3.97. The zero-order valence-corrected chi connectivity index (χ0v) is 15.0. The van der Waals surface area contributed by atoms with Crippen molar-refractivity contribution in [3.63, 3.8) is 0 Å². The van der Waals surface area contributed by atoms with Gasteiger partial charge in [-0.15, -0.1) is 11.3 Å². The van der Waals surface area contributed by atoms with Gasteiger partial charge in [-0.05, 0) is 30.3 Å². The Bertz CT molecular complexity index is 1090. The average Bonchev–Trinajstić information content (AvgIpc) is 3.16. The van der Waals surface area contributed by atoms with E-state index in [2.05, 4.69) is 15.6 Å². The van der Waals surface area contributed by atoms with Crippen molar-refractivity contribution in [2.24, 2.45) is 0 Å². The monoisotopic (exact) mass is 396 g/mol. The number of amides is 2. The number of anilines is 2. The summed E-state index contributed by atoms with van der Waals surface area (Å²) in [6.45, 7) is -0.0120. The molecule has 0 spiro atoms. The van der Waals surface area contributed by atoms with Gasteiger partial charge in [0.1, 0.15) is 5.75 Å². The minimum atomic E-state index is -0.527. The van der Waals surface area contributed by atoms with Gasteiger partial charge >= 0.3 is 0 Å². The topological polar surface area (TPSA) is 123 Å². The zero-order valence-electron chi connectivity index (χ0n) is 14.2. The molecule has 0 radical (unpaired) electrons. The first-order valence-electron chi connectivity index (χ1n) is 8.08. The molecular weight excluding hydrogens is 384 g/mol. The number of benzene rings is 2. The molecule has 10 heteroatoms. The highest BCUT2D eigenvalue weighted by Gasteiger charge is 2.17. The van der Waals surface area contributed by atoms with Crippen LogP contribution in [-0.2, 0) is 4.79 Å². The SMILES string of the molecule is O=C1COc2ccc(-c3csc(NC(=O)c4ccc([N+](=O)[O-])cc4)n3)cc2N1. The van der Waals surface area contributed by atoms with Crippen molar-refractivity contribution >= 4 is 39.7 Å². The van der Waals surface area contributed by atoms with E-state index in [1.165, 1.54) is 35.6 Å². The van der Waals surface area contributed by atoms with Crippen LogP contribution in [0.5, 0.6) is 5.75 Å². The Hall–Kier alpha value is -3.79. The third-order valence-corrected chi connectivity index (χ3v) is 4.73. The number of carbonyl (C=O) groups excluding carboxylic acids is 2. The molecule has 0 unspecified atom stereocenters. The van der Waals surface area contributed by atoms with Gasteiger partial charge in [-0.2, -0.15) is 0 Å². The van der Waals surface area contributed by atoms with Crippen molar-refractivity contribution in [1.82, 2.24) is 4.98 Å². The van der Waals surface area contributed by atoms with E-state index in [9.17, 15) is 19.7 Å². The maximum Gasteiger partial charge on any atom is 0.269 e. The summed E-state index contributed by atoms with van der Waals surface area (Å²) in [6, 6.07) is 10.6. The lowest BCUT2D eigenvalue weighted by molar-refractivity contribution is -0.384. The molecule has 1 aliphatic rings. The molecule has 0 aliphatic carbocycles. The van der Waals surface area contributed by atoms with Gasteiger partial charge in [-0.25, -0.2) is 4.98 Å². The predicted octanol–water partition coefficient (Wildman–Crippen LogP) is 3.30. The molecule has 1 aliphatic heterocycles. The van der Waals surface area contributed by atoms with Crippen LogP contribution in [0.4, 0.5) is 16.5 Å². The molecule has 2 heterocycles. The second-order valence-corrected chi connectivity index (χ2v) is 6.70. The highest BCUT2D eigenvalue weighted by atomic mass is 32.1. The lowest BCUT2D eigenvalue weighted by Crippen LogP contribution is -2.25. The number of ether oxygens (including phenoxy) is 1. The van der Waals surface area contributed by atoms with Crippen LogP contribution in [0, 0.1) is 10.1 Å². The second-order valence-electron chi connectivity index (χ2n) is 5.84. The van der Waals surface area contributed by atoms with Crippen LogP contribution in [0.3, 0.4) is 0 Å². The molecule has 2 aromatic carbocycles. The maximum absolute atomic E-state index is 12.3. The number of non-ortho nitro benzene ring substituents is 1. The van der Waals surface area contributed by atoms with Gasteiger partial charge in [0.05, 0.1) is 16.3 Å². The van der Waals surface area contributed by atoms with Crippen molar-refractivity contribution in [2.45, 2.75) is 0 Å². The summed E-state index contributed by atoms with van der Waals surface area (Å²) in [6.07, 6.45) is 0. The average molecular weight is 396 g/mol. The number of nitro groups is 1. The Labute approximate surface area is 162 Å². The molecule has 0 bridgehead atoms.